The quantitative estimate of drug-likeness (QED) is 0.295. The van der Waals surface area contributed by atoms with Gasteiger partial charge in [-0.15, -0.1) is 5.56 Å². The zero-order chi connectivity index (χ0) is 16.6. The summed E-state index contributed by atoms with van der Waals surface area (Å²) in [6.07, 6.45) is 0. The van der Waals surface area contributed by atoms with Crippen molar-refractivity contribution >= 4 is 0 Å². The van der Waals surface area contributed by atoms with Gasteiger partial charge in [-0.05, 0) is 30.9 Å². The molecule has 0 unspecified atom stereocenters. The summed E-state index contributed by atoms with van der Waals surface area (Å²) in [5, 5.41) is 0. The van der Waals surface area contributed by atoms with Gasteiger partial charge in [-0.1, -0.05) is 80.4 Å². The van der Waals surface area contributed by atoms with Gasteiger partial charge < -0.3 is 37.2 Å². The topological polar surface area (TPSA) is 0 Å². The first-order valence-corrected chi connectivity index (χ1v) is 8.34. The molecule has 27 heavy (non-hydrogen) atoms. The Morgan fingerprint density at radius 2 is 1.11 bits per heavy atom. The summed E-state index contributed by atoms with van der Waals surface area (Å²) in [7, 11) is 0. The van der Waals surface area contributed by atoms with E-state index < -0.39 is 0 Å². The van der Waals surface area contributed by atoms with E-state index in [1.807, 2.05) is 0 Å². The molecule has 3 aromatic rings. The summed E-state index contributed by atoms with van der Waals surface area (Å²) in [6.45, 7) is 11.1. The Morgan fingerprint density at radius 3 is 1.44 bits per heavy atom. The number of aryl methyl sites for hydroxylation is 4. The Labute approximate surface area is 197 Å². The molecule has 0 saturated heterocycles. The largest absolute Gasteiger partial charge is 4.00 e. The van der Waals surface area contributed by atoms with Gasteiger partial charge in [0.25, 0.3) is 0 Å². The first-order valence-electron chi connectivity index (χ1n) is 8.34. The van der Waals surface area contributed by atoms with Crippen molar-refractivity contribution in [3.05, 3.63) is 99.1 Å². The minimum absolute atomic E-state index is 0. The second-order valence-electron chi connectivity index (χ2n) is 6.81. The van der Waals surface area contributed by atoms with Gasteiger partial charge in [-0.2, -0.15) is 16.7 Å². The summed E-state index contributed by atoms with van der Waals surface area (Å²) in [4.78, 5) is 0. The third-order valence-electron chi connectivity index (χ3n) is 4.89. The molecule has 3 aromatic carbocycles. The normalized spacial score (nSPS) is 9.56. The van der Waals surface area contributed by atoms with E-state index in [-0.39, 0.29) is 58.9 Å². The Kier molecular flexibility index (Phi) is 12.8. The molecule has 0 bridgehead atoms. The number of rotatable bonds is 3. The molecule has 0 atom stereocenters. The Balaban J connectivity index is 0. The number of hydrogen-bond acceptors (Lipinski definition) is 0. The van der Waals surface area contributed by atoms with Gasteiger partial charge in [0.05, 0.1) is 0 Å². The minimum Gasteiger partial charge on any atom is -1.00 e. The standard InChI is InChI=1S/C23H25.3ClH.Ti/c1-15-8-6-10-20(12-15)23(21-11-7-9-16(2)13-21)22-18(4)14-17(3)19(22)5;;;;/h6-14,23H,1-5H3;3*1H;/q-1;;;;+4/p-3. The molecule has 0 fully saturated rings. The van der Waals surface area contributed by atoms with Gasteiger partial charge in [0.15, 0.2) is 0 Å². The van der Waals surface area contributed by atoms with Crippen molar-refractivity contribution in [1.82, 2.24) is 0 Å². The summed E-state index contributed by atoms with van der Waals surface area (Å²) in [5.74, 6) is 0.309. The van der Waals surface area contributed by atoms with Crippen LogP contribution in [0.4, 0.5) is 0 Å². The number of halogens is 3. The van der Waals surface area contributed by atoms with E-state index in [4.69, 9.17) is 0 Å². The van der Waals surface area contributed by atoms with Gasteiger partial charge >= 0.3 is 21.7 Å². The van der Waals surface area contributed by atoms with Gasteiger partial charge in [-0.25, -0.2) is 6.07 Å². The van der Waals surface area contributed by atoms with Crippen molar-refractivity contribution in [2.24, 2.45) is 0 Å². The van der Waals surface area contributed by atoms with Crippen LogP contribution in [-0.2, 0) is 21.7 Å². The predicted octanol–water partition coefficient (Wildman–Crippen LogP) is -2.86. The molecular weight excluding hydrogens is 430 g/mol. The zero-order valence-corrected chi connectivity index (χ0v) is 20.2. The maximum Gasteiger partial charge on any atom is 4.00 e. The monoisotopic (exact) mass is 454 g/mol. The maximum absolute atomic E-state index is 2.33. The third-order valence-corrected chi connectivity index (χ3v) is 4.89. The molecule has 142 valence electrons. The smallest absolute Gasteiger partial charge is 1.00 e. The van der Waals surface area contributed by atoms with Crippen molar-refractivity contribution < 1.29 is 58.9 Å². The molecule has 0 amide bonds. The fourth-order valence-electron chi connectivity index (χ4n) is 3.69. The van der Waals surface area contributed by atoms with E-state index in [1.54, 1.807) is 0 Å². The molecule has 0 N–H and O–H groups in total. The molecular formula is C23H25Cl3Ti. The van der Waals surface area contributed by atoms with E-state index in [1.165, 1.54) is 44.5 Å². The molecule has 0 aliphatic heterocycles. The second kappa shape index (κ2) is 12.0. The molecule has 0 aliphatic carbocycles. The first-order chi connectivity index (χ1) is 11.0. The fourth-order valence-corrected chi connectivity index (χ4v) is 3.69. The molecule has 0 aromatic heterocycles. The summed E-state index contributed by atoms with van der Waals surface area (Å²) in [6, 6.07) is 20.2. The molecule has 0 saturated carbocycles. The van der Waals surface area contributed by atoms with Gasteiger partial charge in [0.2, 0.25) is 0 Å². The van der Waals surface area contributed by atoms with Crippen LogP contribution in [0, 0.1) is 34.6 Å². The van der Waals surface area contributed by atoms with Crippen molar-refractivity contribution in [2.45, 2.75) is 40.5 Å². The molecule has 0 heterocycles. The average molecular weight is 456 g/mol. The number of benzene rings is 2. The van der Waals surface area contributed by atoms with Crippen molar-refractivity contribution in [3.63, 3.8) is 0 Å². The minimum atomic E-state index is 0. The summed E-state index contributed by atoms with van der Waals surface area (Å²) >= 11 is 0. The van der Waals surface area contributed by atoms with Crippen LogP contribution in [0.3, 0.4) is 0 Å². The molecule has 0 radical (unpaired) electrons. The van der Waals surface area contributed by atoms with Crippen LogP contribution in [0.25, 0.3) is 0 Å². The molecule has 0 aliphatic rings. The molecule has 4 heteroatoms. The SMILES string of the molecule is Cc1cccc(C(c2cccc(C)c2)[c-]2c(C)cc(C)c2C)c1.[Cl-].[Cl-].[Cl-].[Ti+4]. The molecule has 0 nitrogen and oxygen atoms in total. The average Bonchev–Trinajstić information content (AvgIpc) is 2.74. The molecule has 0 spiro atoms. The Bertz CT molecular complexity index is 807. The Hall–Kier alpha value is -0.626. The van der Waals surface area contributed by atoms with Crippen LogP contribution in [-0.4, -0.2) is 0 Å². The zero-order valence-electron chi connectivity index (χ0n) is 16.4. The van der Waals surface area contributed by atoms with Crippen LogP contribution < -0.4 is 37.2 Å². The molecule has 3 rings (SSSR count). The van der Waals surface area contributed by atoms with Crippen LogP contribution in [0.1, 0.15) is 50.4 Å². The van der Waals surface area contributed by atoms with Gasteiger partial charge in [-0.3, -0.25) is 0 Å². The fraction of sp³-hybridized carbons (Fsp3) is 0.261. The summed E-state index contributed by atoms with van der Waals surface area (Å²) < 4.78 is 0. The third kappa shape index (κ3) is 6.18. The first kappa shape index (κ1) is 28.6. The van der Waals surface area contributed by atoms with Gasteiger partial charge in [0, 0.05) is 0 Å². The van der Waals surface area contributed by atoms with Gasteiger partial charge in [0.1, 0.15) is 0 Å². The van der Waals surface area contributed by atoms with Crippen LogP contribution in [0.2, 0.25) is 0 Å². The van der Waals surface area contributed by atoms with E-state index in [0.29, 0.717) is 5.92 Å². The van der Waals surface area contributed by atoms with Crippen LogP contribution >= 0.6 is 0 Å². The van der Waals surface area contributed by atoms with Crippen molar-refractivity contribution in [1.29, 1.82) is 0 Å². The van der Waals surface area contributed by atoms with Crippen LogP contribution in [0.15, 0.2) is 54.6 Å². The van der Waals surface area contributed by atoms with Crippen LogP contribution in [0.5, 0.6) is 0 Å². The predicted molar refractivity (Wildman–Crippen MR) is 99.5 cm³/mol. The van der Waals surface area contributed by atoms with E-state index >= 15 is 0 Å². The second-order valence-corrected chi connectivity index (χ2v) is 6.81. The number of hydrogen-bond donors (Lipinski definition) is 0. The summed E-state index contributed by atoms with van der Waals surface area (Å²) in [5.41, 5.74) is 11.1. The van der Waals surface area contributed by atoms with Crippen molar-refractivity contribution in [2.75, 3.05) is 0 Å². The van der Waals surface area contributed by atoms with Crippen molar-refractivity contribution in [3.8, 4) is 0 Å². The van der Waals surface area contributed by atoms with E-state index in [2.05, 4.69) is 89.2 Å². The Morgan fingerprint density at radius 1 is 0.667 bits per heavy atom. The van der Waals surface area contributed by atoms with E-state index in [9.17, 15) is 0 Å². The van der Waals surface area contributed by atoms with E-state index in [0.717, 1.165) is 0 Å². The maximum atomic E-state index is 2.33.